The van der Waals surface area contributed by atoms with Crippen LogP contribution in [0.4, 0.5) is 0 Å². The van der Waals surface area contributed by atoms with Gasteiger partial charge in [-0.1, -0.05) is 13.0 Å². The molecule has 4 heteroatoms. The molecule has 0 aliphatic carbocycles. The topological polar surface area (TPSA) is 45.4 Å². The largest absolute Gasteiger partial charge is 0.326 e. The number of rotatable bonds is 6. The summed E-state index contributed by atoms with van der Waals surface area (Å²) >= 11 is 0. The second-order valence-corrected chi connectivity index (χ2v) is 6.13. The molecule has 0 bridgehead atoms. The van der Waals surface area contributed by atoms with Crippen molar-refractivity contribution in [3.63, 3.8) is 0 Å². The van der Waals surface area contributed by atoms with E-state index in [2.05, 4.69) is 47.9 Å². The van der Waals surface area contributed by atoms with Gasteiger partial charge >= 0.3 is 0 Å². The molecule has 4 nitrogen and oxygen atoms in total. The molecule has 3 atom stereocenters. The van der Waals surface area contributed by atoms with Crippen LogP contribution in [-0.4, -0.2) is 54.6 Å². The first-order chi connectivity index (χ1) is 9.61. The maximum Gasteiger partial charge on any atom is 0.0671 e. The molecule has 2 heterocycles. The van der Waals surface area contributed by atoms with Gasteiger partial charge in [-0.05, 0) is 51.5 Å². The van der Waals surface area contributed by atoms with Crippen LogP contribution in [0.15, 0.2) is 24.4 Å². The van der Waals surface area contributed by atoms with Crippen LogP contribution in [0.1, 0.15) is 31.5 Å². The summed E-state index contributed by atoms with van der Waals surface area (Å²) in [7, 11) is 4.39. The lowest BCUT2D eigenvalue weighted by Gasteiger charge is -2.33. The van der Waals surface area contributed by atoms with Crippen LogP contribution in [0, 0.1) is 5.92 Å². The summed E-state index contributed by atoms with van der Waals surface area (Å²) in [6.07, 6.45) is 4.12. The standard InChI is InChI=1S/C16H28N4/c1-4-14(17)16(15-7-5-6-9-18-15)20(3)12-13-8-10-19(2)11-13/h5-7,9,13-14,16H,4,8,10-12,17H2,1-3H3. The van der Waals surface area contributed by atoms with Crippen molar-refractivity contribution in [1.29, 1.82) is 0 Å². The molecule has 1 aromatic rings. The maximum absolute atomic E-state index is 6.36. The first-order valence-electron chi connectivity index (χ1n) is 7.67. The van der Waals surface area contributed by atoms with Crippen molar-refractivity contribution in [3.05, 3.63) is 30.1 Å². The van der Waals surface area contributed by atoms with Crippen LogP contribution in [0.3, 0.4) is 0 Å². The average Bonchev–Trinajstić information content (AvgIpc) is 2.85. The van der Waals surface area contributed by atoms with Gasteiger partial charge in [-0.15, -0.1) is 0 Å². The number of nitrogens with zero attached hydrogens (tertiary/aromatic N) is 3. The zero-order valence-corrected chi connectivity index (χ0v) is 13.0. The molecule has 1 fully saturated rings. The van der Waals surface area contributed by atoms with Gasteiger partial charge in [-0.2, -0.15) is 0 Å². The van der Waals surface area contributed by atoms with Crippen molar-refractivity contribution in [1.82, 2.24) is 14.8 Å². The maximum atomic E-state index is 6.36. The predicted octanol–water partition coefficient (Wildman–Crippen LogP) is 1.74. The highest BCUT2D eigenvalue weighted by Gasteiger charge is 2.28. The third-order valence-corrected chi connectivity index (χ3v) is 4.38. The van der Waals surface area contributed by atoms with E-state index in [1.807, 2.05) is 12.3 Å². The van der Waals surface area contributed by atoms with E-state index in [0.717, 1.165) is 24.6 Å². The Hall–Kier alpha value is -0.970. The lowest BCUT2D eigenvalue weighted by molar-refractivity contribution is 0.177. The fraction of sp³-hybridized carbons (Fsp3) is 0.688. The second kappa shape index (κ2) is 7.16. The molecule has 0 spiro atoms. The zero-order chi connectivity index (χ0) is 14.5. The molecular weight excluding hydrogens is 248 g/mol. The van der Waals surface area contributed by atoms with Crippen LogP contribution in [0.2, 0.25) is 0 Å². The highest BCUT2D eigenvalue weighted by Crippen LogP contribution is 2.25. The summed E-state index contributed by atoms with van der Waals surface area (Å²) in [4.78, 5) is 9.34. The van der Waals surface area contributed by atoms with E-state index in [-0.39, 0.29) is 12.1 Å². The van der Waals surface area contributed by atoms with Crippen LogP contribution >= 0.6 is 0 Å². The molecule has 0 radical (unpaired) electrons. The highest BCUT2D eigenvalue weighted by molar-refractivity contribution is 5.11. The molecule has 0 aromatic carbocycles. The lowest BCUT2D eigenvalue weighted by Crippen LogP contribution is -2.41. The fourth-order valence-electron chi connectivity index (χ4n) is 3.24. The minimum Gasteiger partial charge on any atom is -0.326 e. The van der Waals surface area contributed by atoms with Crippen molar-refractivity contribution in [2.75, 3.05) is 33.7 Å². The van der Waals surface area contributed by atoms with Gasteiger partial charge in [0.25, 0.3) is 0 Å². The monoisotopic (exact) mass is 276 g/mol. The first-order valence-corrected chi connectivity index (χ1v) is 7.67. The molecule has 0 saturated carbocycles. The number of likely N-dealkylation sites (N-methyl/N-ethyl adjacent to an activating group) is 1. The molecule has 20 heavy (non-hydrogen) atoms. The highest BCUT2D eigenvalue weighted by atomic mass is 15.2. The zero-order valence-electron chi connectivity index (χ0n) is 13.0. The van der Waals surface area contributed by atoms with Crippen molar-refractivity contribution >= 4 is 0 Å². The minimum absolute atomic E-state index is 0.133. The second-order valence-electron chi connectivity index (χ2n) is 6.13. The quantitative estimate of drug-likeness (QED) is 0.860. The van der Waals surface area contributed by atoms with E-state index in [9.17, 15) is 0 Å². The Balaban J connectivity index is 2.06. The van der Waals surface area contributed by atoms with Crippen LogP contribution in [0.25, 0.3) is 0 Å². The van der Waals surface area contributed by atoms with Gasteiger partial charge in [-0.25, -0.2) is 0 Å². The molecule has 2 rings (SSSR count). The summed E-state index contributed by atoms with van der Waals surface area (Å²) in [6.45, 7) is 5.66. The molecule has 1 aliphatic rings. The number of hydrogen-bond donors (Lipinski definition) is 1. The smallest absolute Gasteiger partial charge is 0.0671 e. The molecule has 112 valence electrons. The number of pyridine rings is 1. The fourth-order valence-corrected chi connectivity index (χ4v) is 3.24. The Labute approximate surface area is 123 Å². The first kappa shape index (κ1) is 15.4. The predicted molar refractivity (Wildman–Crippen MR) is 83.5 cm³/mol. The SMILES string of the molecule is CCC(N)C(c1ccccn1)N(C)CC1CCN(C)C1. The summed E-state index contributed by atoms with van der Waals surface area (Å²) < 4.78 is 0. The van der Waals surface area contributed by atoms with E-state index in [0.29, 0.717) is 0 Å². The van der Waals surface area contributed by atoms with Crippen LogP contribution in [-0.2, 0) is 0 Å². The van der Waals surface area contributed by atoms with Crippen molar-refractivity contribution < 1.29 is 0 Å². The summed E-state index contributed by atoms with van der Waals surface area (Å²) in [5.74, 6) is 0.750. The van der Waals surface area contributed by atoms with Gasteiger partial charge in [-0.3, -0.25) is 9.88 Å². The molecular formula is C16H28N4. The number of nitrogens with two attached hydrogens (primary N) is 1. The van der Waals surface area contributed by atoms with Crippen LogP contribution < -0.4 is 5.73 Å². The van der Waals surface area contributed by atoms with E-state index in [1.165, 1.54) is 19.5 Å². The van der Waals surface area contributed by atoms with Gasteiger partial charge in [0.05, 0.1) is 11.7 Å². The van der Waals surface area contributed by atoms with E-state index in [4.69, 9.17) is 5.73 Å². The van der Waals surface area contributed by atoms with E-state index < -0.39 is 0 Å². The Morgan fingerprint density at radius 2 is 2.30 bits per heavy atom. The Kier molecular flexibility index (Phi) is 5.52. The number of aromatic nitrogens is 1. The van der Waals surface area contributed by atoms with Crippen molar-refractivity contribution in [3.8, 4) is 0 Å². The Morgan fingerprint density at radius 3 is 2.85 bits per heavy atom. The normalized spacial score (nSPS) is 23.1. The number of likely N-dealkylation sites (tertiary alicyclic amines) is 1. The Bertz CT molecular complexity index is 395. The average molecular weight is 276 g/mol. The summed E-state index contributed by atoms with van der Waals surface area (Å²) in [5, 5.41) is 0. The molecule has 1 aliphatic heterocycles. The number of hydrogen-bond acceptors (Lipinski definition) is 4. The van der Waals surface area contributed by atoms with E-state index in [1.54, 1.807) is 0 Å². The molecule has 1 saturated heterocycles. The van der Waals surface area contributed by atoms with Crippen molar-refractivity contribution in [2.45, 2.75) is 31.8 Å². The van der Waals surface area contributed by atoms with Gasteiger partial charge in [0.15, 0.2) is 0 Å². The van der Waals surface area contributed by atoms with Gasteiger partial charge in [0.2, 0.25) is 0 Å². The van der Waals surface area contributed by atoms with Gasteiger partial charge < -0.3 is 10.6 Å². The molecule has 1 aromatic heterocycles. The molecule has 2 N–H and O–H groups in total. The molecule has 3 unspecified atom stereocenters. The van der Waals surface area contributed by atoms with E-state index >= 15 is 0 Å². The minimum atomic E-state index is 0.133. The van der Waals surface area contributed by atoms with Crippen LogP contribution in [0.5, 0.6) is 0 Å². The Morgan fingerprint density at radius 1 is 1.50 bits per heavy atom. The lowest BCUT2D eigenvalue weighted by atomic mass is 9.99. The summed E-state index contributed by atoms with van der Waals surface area (Å²) in [6, 6.07) is 6.46. The third kappa shape index (κ3) is 3.78. The third-order valence-electron chi connectivity index (χ3n) is 4.38. The van der Waals surface area contributed by atoms with Crippen molar-refractivity contribution in [2.24, 2.45) is 11.7 Å². The van der Waals surface area contributed by atoms with Gasteiger partial charge in [0.1, 0.15) is 0 Å². The molecule has 0 amide bonds. The summed E-state index contributed by atoms with van der Waals surface area (Å²) in [5.41, 5.74) is 7.45. The van der Waals surface area contributed by atoms with Gasteiger partial charge in [0, 0.05) is 25.3 Å².